The van der Waals surface area contributed by atoms with Crippen LogP contribution in [0, 0.1) is 5.82 Å². The van der Waals surface area contributed by atoms with Crippen molar-refractivity contribution in [2.24, 2.45) is 0 Å². The van der Waals surface area contributed by atoms with Gasteiger partial charge in [0.2, 0.25) is 0 Å². The van der Waals surface area contributed by atoms with Crippen LogP contribution in [0.5, 0.6) is 0 Å². The third-order valence-electron chi connectivity index (χ3n) is 4.29. The third kappa shape index (κ3) is 3.98. The predicted octanol–water partition coefficient (Wildman–Crippen LogP) is 1.88. The number of para-hydroxylation sites is 1. The zero-order valence-electron chi connectivity index (χ0n) is 14.2. The Morgan fingerprint density at radius 3 is 2.62 bits per heavy atom. The molecule has 1 amide bonds. The number of aromatic nitrogens is 2. The first-order chi connectivity index (χ1) is 12.4. The van der Waals surface area contributed by atoms with Crippen LogP contribution >= 0.6 is 0 Å². The summed E-state index contributed by atoms with van der Waals surface area (Å²) >= 11 is 0. The van der Waals surface area contributed by atoms with Crippen LogP contribution in [-0.4, -0.2) is 48.6 Å². The molecule has 26 heavy (non-hydrogen) atoms. The van der Waals surface area contributed by atoms with E-state index in [2.05, 4.69) is 15.5 Å². The number of rotatable bonds is 5. The van der Waals surface area contributed by atoms with Crippen LogP contribution in [0.1, 0.15) is 23.8 Å². The summed E-state index contributed by atoms with van der Waals surface area (Å²) in [7, 11) is -3.01. The molecule has 0 aliphatic carbocycles. The standard InChI is InChI=1S/C17H19FN4O3S/c1-2-22(12-9-10-26(24,25)11-12)16-8-7-15(20-21-16)17(23)19-14-6-4-3-5-13(14)18/h3-8,12H,2,9-11H2,1H3,(H,19,23). The number of amides is 1. The monoisotopic (exact) mass is 378 g/mol. The Balaban J connectivity index is 1.73. The Labute approximate surface area is 151 Å². The molecule has 0 spiro atoms. The summed E-state index contributed by atoms with van der Waals surface area (Å²) in [5.41, 5.74) is 0.113. The Kier molecular flexibility index (Phi) is 5.17. The Hall–Kier alpha value is -2.55. The van der Waals surface area contributed by atoms with Crippen molar-refractivity contribution in [1.82, 2.24) is 10.2 Å². The number of halogens is 1. The highest BCUT2D eigenvalue weighted by Gasteiger charge is 2.32. The smallest absolute Gasteiger partial charge is 0.276 e. The first-order valence-corrected chi connectivity index (χ1v) is 10.1. The number of carbonyl (C=O) groups excluding carboxylic acids is 1. The van der Waals surface area contributed by atoms with E-state index in [-0.39, 0.29) is 28.9 Å². The minimum Gasteiger partial charge on any atom is -0.351 e. The Morgan fingerprint density at radius 1 is 1.27 bits per heavy atom. The predicted molar refractivity (Wildman–Crippen MR) is 96.5 cm³/mol. The van der Waals surface area contributed by atoms with E-state index in [4.69, 9.17) is 0 Å². The van der Waals surface area contributed by atoms with Crippen molar-refractivity contribution in [3.63, 3.8) is 0 Å². The lowest BCUT2D eigenvalue weighted by Gasteiger charge is -2.27. The molecular formula is C17H19FN4O3S. The fourth-order valence-electron chi connectivity index (χ4n) is 2.98. The van der Waals surface area contributed by atoms with Crippen LogP contribution in [0.15, 0.2) is 36.4 Å². The number of anilines is 2. The van der Waals surface area contributed by atoms with E-state index in [1.54, 1.807) is 12.1 Å². The third-order valence-corrected chi connectivity index (χ3v) is 6.04. The minimum absolute atomic E-state index is 0.0482. The fourth-order valence-corrected chi connectivity index (χ4v) is 4.71. The maximum Gasteiger partial charge on any atom is 0.276 e. The highest BCUT2D eigenvalue weighted by Crippen LogP contribution is 2.22. The van der Waals surface area contributed by atoms with Gasteiger partial charge in [0.25, 0.3) is 5.91 Å². The molecule has 7 nitrogen and oxygen atoms in total. The van der Waals surface area contributed by atoms with Gasteiger partial charge in [-0.25, -0.2) is 12.8 Å². The quantitative estimate of drug-likeness (QED) is 0.854. The van der Waals surface area contributed by atoms with Gasteiger partial charge in [0.15, 0.2) is 21.3 Å². The number of nitrogens with zero attached hydrogens (tertiary/aromatic N) is 3. The van der Waals surface area contributed by atoms with E-state index >= 15 is 0 Å². The normalized spacial score (nSPS) is 18.5. The topological polar surface area (TPSA) is 92.3 Å². The molecule has 0 saturated carbocycles. The Morgan fingerprint density at radius 2 is 2.04 bits per heavy atom. The number of carbonyl (C=O) groups is 1. The highest BCUT2D eigenvalue weighted by molar-refractivity contribution is 7.91. The van der Waals surface area contributed by atoms with Gasteiger partial charge >= 0.3 is 0 Å². The van der Waals surface area contributed by atoms with Crippen molar-refractivity contribution in [2.45, 2.75) is 19.4 Å². The highest BCUT2D eigenvalue weighted by atomic mass is 32.2. The van der Waals surface area contributed by atoms with Crippen LogP contribution in [0.4, 0.5) is 15.9 Å². The summed E-state index contributed by atoms with van der Waals surface area (Å²) in [4.78, 5) is 14.1. The Bertz CT molecular complexity index is 902. The zero-order valence-corrected chi connectivity index (χ0v) is 15.0. The van der Waals surface area contributed by atoms with Crippen LogP contribution in [0.25, 0.3) is 0 Å². The summed E-state index contributed by atoms with van der Waals surface area (Å²) in [5.74, 6) is -0.328. The molecule has 1 aliphatic rings. The van der Waals surface area contributed by atoms with Crippen LogP contribution in [0.2, 0.25) is 0 Å². The molecule has 2 heterocycles. The van der Waals surface area contributed by atoms with Crippen molar-refractivity contribution < 1.29 is 17.6 Å². The second-order valence-corrected chi connectivity index (χ2v) is 8.28. The van der Waals surface area contributed by atoms with E-state index in [1.165, 1.54) is 24.3 Å². The first kappa shape index (κ1) is 18.2. The van der Waals surface area contributed by atoms with Crippen molar-refractivity contribution in [3.05, 3.63) is 47.9 Å². The lowest BCUT2D eigenvalue weighted by atomic mass is 10.2. The number of sulfone groups is 1. The largest absolute Gasteiger partial charge is 0.351 e. The van der Waals surface area contributed by atoms with Crippen molar-refractivity contribution in [3.8, 4) is 0 Å². The average molecular weight is 378 g/mol. The molecule has 0 radical (unpaired) electrons. The van der Waals surface area contributed by atoms with Gasteiger partial charge in [-0.2, -0.15) is 0 Å². The molecule has 1 saturated heterocycles. The zero-order chi connectivity index (χ0) is 18.7. The molecule has 9 heteroatoms. The molecule has 2 aromatic rings. The second kappa shape index (κ2) is 7.36. The molecule has 0 bridgehead atoms. The maximum atomic E-state index is 13.6. The van der Waals surface area contributed by atoms with Gasteiger partial charge in [-0.05, 0) is 37.6 Å². The van der Waals surface area contributed by atoms with Gasteiger partial charge in [-0.3, -0.25) is 4.79 Å². The lowest BCUT2D eigenvalue weighted by Crippen LogP contribution is -2.37. The molecule has 1 aromatic heterocycles. The minimum atomic E-state index is -3.01. The maximum absolute atomic E-state index is 13.6. The van der Waals surface area contributed by atoms with Crippen LogP contribution < -0.4 is 10.2 Å². The summed E-state index contributed by atoms with van der Waals surface area (Å²) in [5, 5.41) is 10.4. The van der Waals surface area contributed by atoms with E-state index in [1.807, 2.05) is 11.8 Å². The van der Waals surface area contributed by atoms with Gasteiger partial charge in [0.1, 0.15) is 5.82 Å². The van der Waals surface area contributed by atoms with Gasteiger partial charge in [0, 0.05) is 12.6 Å². The number of hydrogen-bond acceptors (Lipinski definition) is 6. The molecule has 1 N–H and O–H groups in total. The van der Waals surface area contributed by atoms with Gasteiger partial charge in [-0.15, -0.1) is 10.2 Å². The number of benzene rings is 1. The molecule has 1 aromatic carbocycles. The van der Waals surface area contributed by atoms with Gasteiger partial charge in [-0.1, -0.05) is 12.1 Å². The summed E-state index contributed by atoms with van der Waals surface area (Å²) in [6.45, 7) is 2.49. The van der Waals surface area contributed by atoms with Crippen LogP contribution in [0.3, 0.4) is 0 Å². The summed E-state index contributed by atoms with van der Waals surface area (Å²) in [6, 6.07) is 8.82. The van der Waals surface area contributed by atoms with E-state index in [9.17, 15) is 17.6 Å². The van der Waals surface area contributed by atoms with E-state index in [0.717, 1.165) is 0 Å². The second-order valence-electron chi connectivity index (χ2n) is 6.05. The van der Waals surface area contributed by atoms with Crippen molar-refractivity contribution in [1.29, 1.82) is 0 Å². The summed E-state index contributed by atoms with van der Waals surface area (Å²) < 4.78 is 37.0. The molecule has 1 atom stereocenters. The molecule has 1 unspecified atom stereocenters. The molecule has 1 fully saturated rings. The van der Waals surface area contributed by atoms with E-state index in [0.29, 0.717) is 18.8 Å². The van der Waals surface area contributed by atoms with Crippen molar-refractivity contribution in [2.75, 3.05) is 28.3 Å². The van der Waals surface area contributed by atoms with Crippen LogP contribution in [-0.2, 0) is 9.84 Å². The fraction of sp³-hybridized carbons (Fsp3) is 0.353. The average Bonchev–Trinajstić information content (AvgIpc) is 2.98. The molecule has 3 rings (SSSR count). The number of hydrogen-bond donors (Lipinski definition) is 1. The van der Waals surface area contributed by atoms with E-state index < -0.39 is 21.6 Å². The number of nitrogens with one attached hydrogen (secondary N) is 1. The van der Waals surface area contributed by atoms with Gasteiger partial charge < -0.3 is 10.2 Å². The lowest BCUT2D eigenvalue weighted by molar-refractivity contribution is 0.102. The molecular weight excluding hydrogens is 359 g/mol. The summed E-state index contributed by atoms with van der Waals surface area (Å²) in [6.07, 6.45) is 0.549. The molecule has 138 valence electrons. The first-order valence-electron chi connectivity index (χ1n) is 8.26. The SMILES string of the molecule is CCN(c1ccc(C(=O)Nc2ccccc2F)nn1)C1CCS(=O)(=O)C1. The molecule has 1 aliphatic heterocycles. The van der Waals surface area contributed by atoms with Crippen molar-refractivity contribution >= 4 is 27.2 Å². The van der Waals surface area contributed by atoms with Gasteiger partial charge in [0.05, 0.1) is 17.2 Å².